The highest BCUT2D eigenvalue weighted by atomic mass is 35.5. The zero-order chi connectivity index (χ0) is 23.5. The molecule has 1 unspecified atom stereocenters. The Labute approximate surface area is 210 Å². The number of hydrogen-bond acceptors (Lipinski definition) is 4. The van der Waals surface area contributed by atoms with Crippen LogP contribution in [0, 0.1) is 10.8 Å². The second-order valence-corrected chi connectivity index (χ2v) is 8.53. The smallest absolute Gasteiger partial charge is 0.311 e. The van der Waals surface area contributed by atoms with E-state index in [4.69, 9.17) is 21.3 Å². The summed E-state index contributed by atoms with van der Waals surface area (Å²) in [6.07, 6.45) is 1.25. The van der Waals surface area contributed by atoms with E-state index in [-0.39, 0.29) is 29.8 Å². The Balaban J connectivity index is 0.00000216. The predicted molar refractivity (Wildman–Crippen MR) is 133 cm³/mol. The summed E-state index contributed by atoms with van der Waals surface area (Å²) >= 11 is 0. The van der Waals surface area contributed by atoms with E-state index in [0.29, 0.717) is 30.1 Å². The van der Waals surface area contributed by atoms with Gasteiger partial charge in [0.2, 0.25) is 0 Å². The minimum atomic E-state index is -0.880. The summed E-state index contributed by atoms with van der Waals surface area (Å²) in [6.45, 7) is 3.29. The lowest BCUT2D eigenvalue weighted by Gasteiger charge is -2.18. The van der Waals surface area contributed by atoms with E-state index >= 15 is 0 Å². The van der Waals surface area contributed by atoms with E-state index in [9.17, 15) is 9.90 Å². The standard InChI is InChI=1S/C26H28N4O3.ClH.H2O/c1-16(27)30-11-10-23(15-30)33-22-8-6-19(7-9-22)24(26(31)32)13-17-2-3-18-4-5-20(25(28)29)14-21(18)12-17;;/h2-9,12,14,23-24,27H,10-11,13,15H2,1H3,(H3,28,29)(H,31,32);1H;1H2/p-1/t23-,24?;;/m0../s1. The lowest BCUT2D eigenvalue weighted by molar-refractivity contribution is -0.138. The zero-order valence-electron chi connectivity index (χ0n) is 19.4. The molecule has 0 amide bonds. The second-order valence-electron chi connectivity index (χ2n) is 8.53. The first kappa shape index (κ1) is 27.6. The van der Waals surface area contributed by atoms with E-state index < -0.39 is 11.9 Å². The van der Waals surface area contributed by atoms with Crippen molar-refractivity contribution in [1.29, 1.82) is 10.8 Å². The summed E-state index contributed by atoms with van der Waals surface area (Å²) in [6, 6.07) is 18.7. The molecule has 0 aromatic heterocycles. The number of aliphatic carboxylic acids is 1. The molecule has 2 atom stereocenters. The summed E-state index contributed by atoms with van der Waals surface area (Å²) in [7, 11) is 0. The number of nitrogens with one attached hydrogen (secondary N) is 2. The monoisotopic (exact) mass is 497 g/mol. The van der Waals surface area contributed by atoms with Gasteiger partial charge in [0, 0.05) is 18.5 Å². The molecule has 4 rings (SSSR count). The van der Waals surface area contributed by atoms with Gasteiger partial charge >= 0.3 is 5.97 Å². The van der Waals surface area contributed by atoms with E-state index in [1.807, 2.05) is 65.6 Å². The van der Waals surface area contributed by atoms with E-state index in [0.717, 1.165) is 34.9 Å². The predicted octanol–water partition coefficient (Wildman–Crippen LogP) is 0.164. The quantitative estimate of drug-likeness (QED) is 0.270. The molecule has 0 saturated carbocycles. The number of benzene rings is 3. The average Bonchev–Trinajstić information content (AvgIpc) is 3.26. The van der Waals surface area contributed by atoms with Gasteiger partial charge in [0.25, 0.3) is 0 Å². The van der Waals surface area contributed by atoms with Crippen molar-refractivity contribution in [2.75, 3.05) is 13.1 Å². The van der Waals surface area contributed by atoms with Crippen molar-refractivity contribution in [3.05, 3.63) is 77.4 Å². The van der Waals surface area contributed by atoms with Gasteiger partial charge in [0.1, 0.15) is 17.7 Å². The molecule has 0 aliphatic carbocycles. The largest absolute Gasteiger partial charge is 1.00 e. The number of hydrogen-bond donors (Lipinski definition) is 4. The number of carbonyl (C=O) groups is 1. The van der Waals surface area contributed by atoms with Crippen molar-refractivity contribution in [3.8, 4) is 5.75 Å². The fraction of sp³-hybridized carbons (Fsp3) is 0.269. The summed E-state index contributed by atoms with van der Waals surface area (Å²) in [4.78, 5) is 14.1. The van der Waals surface area contributed by atoms with Gasteiger partial charge in [-0.2, -0.15) is 0 Å². The number of rotatable bonds is 7. The summed E-state index contributed by atoms with van der Waals surface area (Å²) < 4.78 is 6.03. The molecule has 3 aromatic rings. The maximum absolute atomic E-state index is 12.1. The Bertz CT molecular complexity index is 1220. The molecular formula is C26H30ClN4O4-. The lowest BCUT2D eigenvalue weighted by atomic mass is 9.91. The maximum Gasteiger partial charge on any atom is 0.311 e. The van der Waals surface area contributed by atoms with Gasteiger partial charge in [-0.25, -0.2) is 0 Å². The van der Waals surface area contributed by atoms with E-state index in [1.165, 1.54) is 0 Å². The van der Waals surface area contributed by atoms with Crippen molar-refractivity contribution in [2.24, 2.45) is 5.73 Å². The first-order valence-corrected chi connectivity index (χ1v) is 11.0. The molecule has 8 nitrogen and oxygen atoms in total. The molecule has 186 valence electrons. The molecule has 1 saturated heterocycles. The van der Waals surface area contributed by atoms with E-state index in [1.54, 1.807) is 6.92 Å². The van der Waals surface area contributed by atoms with Crippen molar-refractivity contribution in [2.45, 2.75) is 31.8 Å². The number of carboxylic acids is 1. The Kier molecular flexibility index (Phi) is 9.22. The number of halogens is 1. The van der Waals surface area contributed by atoms with Gasteiger partial charge in [-0.3, -0.25) is 15.6 Å². The van der Waals surface area contributed by atoms with Crippen LogP contribution in [0.4, 0.5) is 0 Å². The third-order valence-corrected chi connectivity index (χ3v) is 6.16. The number of likely N-dealkylation sites (tertiary alicyclic amines) is 1. The van der Waals surface area contributed by atoms with Crippen LogP contribution in [0.2, 0.25) is 0 Å². The van der Waals surface area contributed by atoms with Crippen LogP contribution < -0.4 is 22.9 Å². The fourth-order valence-electron chi connectivity index (χ4n) is 4.27. The van der Waals surface area contributed by atoms with Crippen molar-refractivity contribution in [3.63, 3.8) is 0 Å². The van der Waals surface area contributed by atoms with Crippen molar-refractivity contribution in [1.82, 2.24) is 4.90 Å². The highest BCUT2D eigenvalue weighted by molar-refractivity contribution is 5.99. The van der Waals surface area contributed by atoms with Crippen LogP contribution in [0.25, 0.3) is 10.8 Å². The van der Waals surface area contributed by atoms with Crippen LogP contribution in [0.1, 0.15) is 36.0 Å². The Morgan fingerprint density at radius 1 is 1.11 bits per heavy atom. The number of ether oxygens (including phenoxy) is 1. The number of nitrogens with two attached hydrogens (primary N) is 1. The van der Waals surface area contributed by atoms with Gasteiger partial charge in [-0.15, -0.1) is 0 Å². The van der Waals surface area contributed by atoms with Gasteiger partial charge in [0.15, 0.2) is 0 Å². The van der Waals surface area contributed by atoms with Gasteiger partial charge in [-0.1, -0.05) is 42.5 Å². The fourth-order valence-corrected chi connectivity index (χ4v) is 4.27. The molecule has 7 N–H and O–H groups in total. The molecule has 3 aromatic carbocycles. The SMILES string of the molecule is CC(=N)N1CC[C@H](Oc2ccc(C(Cc3ccc4ccc(C(=N)N)cc4c3)C(=O)O)cc2)C1.O.[Cl-]. The molecule has 0 radical (unpaired) electrons. The lowest BCUT2D eigenvalue weighted by Crippen LogP contribution is -3.00. The Morgan fingerprint density at radius 3 is 2.40 bits per heavy atom. The normalized spacial score (nSPS) is 15.6. The number of nitrogens with zero attached hydrogens (tertiary/aromatic N) is 1. The highest BCUT2D eigenvalue weighted by Crippen LogP contribution is 2.27. The number of nitrogen functional groups attached to an aromatic ring is 1. The third-order valence-electron chi connectivity index (χ3n) is 6.16. The van der Waals surface area contributed by atoms with Gasteiger partial charge < -0.3 is 38.4 Å². The molecule has 1 aliphatic rings. The van der Waals surface area contributed by atoms with Gasteiger partial charge in [-0.05, 0) is 53.4 Å². The van der Waals surface area contributed by atoms with Crippen LogP contribution in [0.15, 0.2) is 60.7 Å². The molecule has 9 heteroatoms. The number of carboxylic acid groups (broad SMARTS) is 1. The molecule has 0 bridgehead atoms. The summed E-state index contributed by atoms with van der Waals surface area (Å²) in [5.41, 5.74) is 7.88. The molecule has 1 aliphatic heterocycles. The molecule has 1 heterocycles. The van der Waals surface area contributed by atoms with Crippen molar-refractivity contribution < 1.29 is 32.5 Å². The van der Waals surface area contributed by atoms with Crippen LogP contribution in [0.5, 0.6) is 5.75 Å². The Hall–Kier alpha value is -3.62. The summed E-state index contributed by atoms with van der Waals surface area (Å²) in [5.74, 6) is -0.303. The van der Waals surface area contributed by atoms with Crippen LogP contribution in [-0.4, -0.2) is 52.3 Å². The summed E-state index contributed by atoms with van der Waals surface area (Å²) in [5, 5.41) is 27.2. The number of amidine groups is 2. The minimum absolute atomic E-state index is 0. The van der Waals surface area contributed by atoms with E-state index in [2.05, 4.69) is 0 Å². The van der Waals surface area contributed by atoms with Crippen LogP contribution in [-0.2, 0) is 11.2 Å². The molecule has 35 heavy (non-hydrogen) atoms. The highest BCUT2D eigenvalue weighted by Gasteiger charge is 2.25. The zero-order valence-corrected chi connectivity index (χ0v) is 20.2. The first-order chi connectivity index (χ1) is 15.8. The second kappa shape index (κ2) is 11.7. The van der Waals surface area contributed by atoms with Crippen LogP contribution in [0.3, 0.4) is 0 Å². The molecule has 1 fully saturated rings. The minimum Gasteiger partial charge on any atom is -1.00 e. The average molecular weight is 498 g/mol. The van der Waals surface area contributed by atoms with Crippen molar-refractivity contribution >= 4 is 28.4 Å². The topological polar surface area (TPSA) is 155 Å². The van der Waals surface area contributed by atoms with Gasteiger partial charge in [0.05, 0.1) is 18.3 Å². The maximum atomic E-state index is 12.1. The third kappa shape index (κ3) is 6.49. The Morgan fingerprint density at radius 2 is 1.80 bits per heavy atom. The molecule has 0 spiro atoms. The first-order valence-electron chi connectivity index (χ1n) is 11.0. The molecular weight excluding hydrogens is 468 g/mol. The van der Waals surface area contributed by atoms with Crippen LogP contribution >= 0.6 is 0 Å². The number of fused-ring (bicyclic) bond motifs is 1.